The lowest BCUT2D eigenvalue weighted by atomic mass is 10.1. The Morgan fingerprint density at radius 2 is 1.77 bits per heavy atom. The van der Waals surface area contributed by atoms with Gasteiger partial charge in [-0.3, -0.25) is 4.72 Å². The summed E-state index contributed by atoms with van der Waals surface area (Å²) in [6.07, 6.45) is 4.04. The average Bonchev–Trinajstić information content (AvgIpc) is 2.98. The van der Waals surface area contributed by atoms with E-state index in [2.05, 4.69) is 10.0 Å². The highest BCUT2D eigenvalue weighted by atomic mass is 32.2. The molecule has 0 aliphatic heterocycles. The molecule has 0 bridgehead atoms. The van der Waals surface area contributed by atoms with Gasteiger partial charge in [0.1, 0.15) is 12.4 Å². The molecule has 0 amide bonds. The molecule has 2 N–H and O–H groups in total. The second-order valence-corrected chi connectivity index (χ2v) is 7.99. The van der Waals surface area contributed by atoms with Crippen molar-refractivity contribution in [2.75, 3.05) is 29.4 Å². The zero-order valence-corrected chi connectivity index (χ0v) is 15.1. The number of nitrogens with one attached hydrogen (secondary N) is 2. The zero-order valence-electron chi connectivity index (χ0n) is 14.3. The molecule has 0 fully saturated rings. The molecule has 1 aliphatic carbocycles. The second kappa shape index (κ2) is 7.49. The molecule has 0 atom stereocenters. The molecule has 3 rings (SSSR count). The van der Waals surface area contributed by atoms with E-state index in [0.717, 1.165) is 43.2 Å². The van der Waals surface area contributed by atoms with Crippen LogP contribution in [0.3, 0.4) is 0 Å². The van der Waals surface area contributed by atoms with Crippen LogP contribution in [0, 0.1) is 11.6 Å². The van der Waals surface area contributed by atoms with Crippen molar-refractivity contribution in [3.63, 3.8) is 0 Å². The third-order valence-corrected chi connectivity index (χ3v) is 4.69. The van der Waals surface area contributed by atoms with E-state index in [0.29, 0.717) is 17.9 Å². The molecule has 8 heteroatoms. The average molecular weight is 382 g/mol. The molecular weight excluding hydrogens is 362 g/mol. The summed E-state index contributed by atoms with van der Waals surface area (Å²) in [5.41, 5.74) is 3.48. The van der Waals surface area contributed by atoms with Crippen LogP contribution in [0.1, 0.15) is 17.5 Å². The van der Waals surface area contributed by atoms with E-state index in [1.165, 1.54) is 11.6 Å². The van der Waals surface area contributed by atoms with Crippen LogP contribution in [-0.2, 0) is 22.9 Å². The first-order valence-corrected chi connectivity index (χ1v) is 10.2. The maximum absolute atomic E-state index is 13.5. The monoisotopic (exact) mass is 382 g/mol. The van der Waals surface area contributed by atoms with Crippen LogP contribution in [0.25, 0.3) is 0 Å². The number of hydrogen-bond acceptors (Lipinski definition) is 4. The van der Waals surface area contributed by atoms with Gasteiger partial charge in [-0.2, -0.15) is 0 Å². The van der Waals surface area contributed by atoms with Gasteiger partial charge in [0.25, 0.3) is 0 Å². The standard InChI is InChI=1S/C18H20F2N2O3S/c1-26(23,24)22-17-10-13-4-2-3-12(13)9-16(17)21-7-8-25-18-6-5-14(19)11-15(18)20/h5-6,9-11,21-22H,2-4,7-8H2,1H3. The van der Waals surface area contributed by atoms with E-state index in [4.69, 9.17) is 4.74 Å². The highest BCUT2D eigenvalue weighted by Crippen LogP contribution is 2.32. The van der Waals surface area contributed by atoms with Crippen molar-refractivity contribution < 1.29 is 21.9 Å². The number of rotatable bonds is 7. The Morgan fingerprint density at radius 1 is 1.08 bits per heavy atom. The van der Waals surface area contributed by atoms with E-state index in [-0.39, 0.29) is 12.4 Å². The van der Waals surface area contributed by atoms with Crippen molar-refractivity contribution in [1.29, 1.82) is 0 Å². The first-order chi connectivity index (χ1) is 12.3. The molecule has 0 saturated heterocycles. The maximum Gasteiger partial charge on any atom is 0.229 e. The van der Waals surface area contributed by atoms with Gasteiger partial charge in [0.2, 0.25) is 10.0 Å². The second-order valence-electron chi connectivity index (χ2n) is 6.24. The van der Waals surface area contributed by atoms with Crippen LogP contribution < -0.4 is 14.8 Å². The summed E-state index contributed by atoms with van der Waals surface area (Å²) in [6.45, 7) is 0.464. The Hall–Kier alpha value is -2.35. The van der Waals surface area contributed by atoms with Gasteiger partial charge < -0.3 is 10.1 Å². The van der Waals surface area contributed by atoms with Crippen LogP contribution in [0.5, 0.6) is 5.75 Å². The highest BCUT2D eigenvalue weighted by Gasteiger charge is 2.16. The number of halogens is 2. The molecule has 5 nitrogen and oxygen atoms in total. The van der Waals surface area contributed by atoms with Gasteiger partial charge in [-0.1, -0.05) is 0 Å². The third-order valence-electron chi connectivity index (χ3n) is 4.10. The summed E-state index contributed by atoms with van der Waals surface area (Å²) >= 11 is 0. The first-order valence-electron chi connectivity index (χ1n) is 8.27. The number of aryl methyl sites for hydroxylation is 2. The number of benzene rings is 2. The summed E-state index contributed by atoms with van der Waals surface area (Å²) in [6, 6.07) is 6.91. The summed E-state index contributed by atoms with van der Waals surface area (Å²) < 4.78 is 57.4. The number of hydrogen-bond donors (Lipinski definition) is 2. The van der Waals surface area contributed by atoms with Crippen molar-refractivity contribution in [2.24, 2.45) is 0 Å². The Labute approximate surface area is 151 Å². The van der Waals surface area contributed by atoms with E-state index < -0.39 is 21.7 Å². The fourth-order valence-electron chi connectivity index (χ4n) is 2.99. The molecule has 0 unspecified atom stereocenters. The normalized spacial score (nSPS) is 13.3. The SMILES string of the molecule is CS(=O)(=O)Nc1cc2c(cc1NCCOc1ccc(F)cc1F)CCC2. The number of ether oxygens (including phenoxy) is 1. The zero-order chi connectivity index (χ0) is 18.7. The molecule has 0 heterocycles. The lowest BCUT2D eigenvalue weighted by Crippen LogP contribution is -2.16. The maximum atomic E-state index is 13.5. The lowest BCUT2D eigenvalue weighted by molar-refractivity contribution is 0.314. The summed E-state index contributed by atoms with van der Waals surface area (Å²) in [7, 11) is -3.41. The predicted octanol–water partition coefficient (Wildman–Crippen LogP) is 3.32. The van der Waals surface area contributed by atoms with Crippen LogP contribution in [0.2, 0.25) is 0 Å². The van der Waals surface area contributed by atoms with Gasteiger partial charge in [-0.25, -0.2) is 17.2 Å². The largest absolute Gasteiger partial charge is 0.489 e. The Bertz CT molecular complexity index is 917. The molecule has 0 saturated carbocycles. The van der Waals surface area contributed by atoms with Gasteiger partial charge >= 0.3 is 0 Å². The molecule has 0 spiro atoms. The molecule has 0 aromatic heterocycles. The number of fused-ring (bicyclic) bond motifs is 1. The topological polar surface area (TPSA) is 67.4 Å². The Kier molecular flexibility index (Phi) is 5.31. The van der Waals surface area contributed by atoms with Crippen molar-refractivity contribution in [3.8, 4) is 5.75 Å². The van der Waals surface area contributed by atoms with Gasteiger partial charge in [0, 0.05) is 12.6 Å². The van der Waals surface area contributed by atoms with Gasteiger partial charge in [-0.05, 0) is 54.7 Å². The van der Waals surface area contributed by atoms with Crippen molar-refractivity contribution in [3.05, 3.63) is 53.1 Å². The minimum absolute atomic E-state index is 0.0309. The Balaban J connectivity index is 1.67. The van der Waals surface area contributed by atoms with Gasteiger partial charge in [0.15, 0.2) is 11.6 Å². The van der Waals surface area contributed by atoms with E-state index in [9.17, 15) is 17.2 Å². The third kappa shape index (κ3) is 4.63. The van der Waals surface area contributed by atoms with Crippen LogP contribution in [-0.4, -0.2) is 27.8 Å². The Morgan fingerprint density at radius 3 is 2.42 bits per heavy atom. The lowest BCUT2D eigenvalue weighted by Gasteiger charge is -2.16. The molecule has 140 valence electrons. The fraction of sp³-hybridized carbons (Fsp3) is 0.333. The molecule has 2 aromatic carbocycles. The van der Waals surface area contributed by atoms with E-state index in [1.54, 1.807) is 0 Å². The summed E-state index contributed by atoms with van der Waals surface area (Å²) in [5, 5.41) is 3.12. The quantitative estimate of drug-likeness (QED) is 0.721. The first kappa shape index (κ1) is 18.4. The predicted molar refractivity (Wildman–Crippen MR) is 97.3 cm³/mol. The fourth-order valence-corrected chi connectivity index (χ4v) is 3.56. The highest BCUT2D eigenvalue weighted by molar-refractivity contribution is 7.92. The molecule has 0 radical (unpaired) electrons. The minimum atomic E-state index is -3.41. The van der Waals surface area contributed by atoms with Crippen molar-refractivity contribution in [1.82, 2.24) is 0 Å². The van der Waals surface area contributed by atoms with Crippen molar-refractivity contribution >= 4 is 21.4 Å². The number of sulfonamides is 1. The van der Waals surface area contributed by atoms with E-state index >= 15 is 0 Å². The van der Waals surface area contributed by atoms with Crippen molar-refractivity contribution in [2.45, 2.75) is 19.3 Å². The molecule has 1 aliphatic rings. The number of anilines is 2. The molecule has 26 heavy (non-hydrogen) atoms. The summed E-state index contributed by atoms with van der Waals surface area (Å²) in [4.78, 5) is 0. The smallest absolute Gasteiger partial charge is 0.229 e. The van der Waals surface area contributed by atoms with Gasteiger partial charge in [0.05, 0.1) is 17.6 Å². The molecule has 2 aromatic rings. The van der Waals surface area contributed by atoms with Crippen LogP contribution >= 0.6 is 0 Å². The van der Waals surface area contributed by atoms with Crippen LogP contribution in [0.15, 0.2) is 30.3 Å². The molecular formula is C18H20F2N2O3S. The van der Waals surface area contributed by atoms with E-state index in [1.807, 2.05) is 12.1 Å². The van der Waals surface area contributed by atoms with Gasteiger partial charge in [-0.15, -0.1) is 0 Å². The van der Waals surface area contributed by atoms with Crippen LogP contribution in [0.4, 0.5) is 20.2 Å². The minimum Gasteiger partial charge on any atom is -0.489 e. The summed E-state index contributed by atoms with van der Waals surface area (Å²) in [5.74, 6) is -1.46.